The highest BCUT2D eigenvalue weighted by molar-refractivity contribution is 9.10. The lowest BCUT2D eigenvalue weighted by molar-refractivity contribution is 0.0953. The van der Waals surface area contributed by atoms with Crippen molar-refractivity contribution in [2.24, 2.45) is 0 Å². The molecule has 102 valence electrons. The SMILES string of the molecule is C=CCNC(=O)c1ccnc(Nc2ccc(Br)cc2)n1. The van der Waals surface area contributed by atoms with E-state index in [0.29, 0.717) is 18.2 Å². The minimum absolute atomic E-state index is 0.258. The maximum Gasteiger partial charge on any atom is 0.270 e. The van der Waals surface area contributed by atoms with Gasteiger partial charge in [0, 0.05) is 22.9 Å². The largest absolute Gasteiger partial charge is 0.347 e. The summed E-state index contributed by atoms with van der Waals surface area (Å²) in [5.74, 6) is 0.115. The van der Waals surface area contributed by atoms with Crippen LogP contribution in [0.5, 0.6) is 0 Å². The van der Waals surface area contributed by atoms with Gasteiger partial charge in [-0.25, -0.2) is 9.97 Å². The molecule has 2 rings (SSSR count). The van der Waals surface area contributed by atoms with Crippen LogP contribution in [0.15, 0.2) is 53.7 Å². The number of nitrogens with one attached hydrogen (secondary N) is 2. The van der Waals surface area contributed by atoms with Crippen molar-refractivity contribution in [3.05, 3.63) is 59.4 Å². The van der Waals surface area contributed by atoms with E-state index in [4.69, 9.17) is 0 Å². The maximum atomic E-state index is 11.8. The van der Waals surface area contributed by atoms with Crippen molar-refractivity contribution in [3.8, 4) is 0 Å². The summed E-state index contributed by atoms with van der Waals surface area (Å²) in [6.45, 7) is 3.94. The summed E-state index contributed by atoms with van der Waals surface area (Å²) in [5, 5.41) is 5.71. The summed E-state index contributed by atoms with van der Waals surface area (Å²) in [6, 6.07) is 9.15. The number of hydrogen-bond acceptors (Lipinski definition) is 4. The lowest BCUT2D eigenvalue weighted by atomic mass is 10.3. The number of amides is 1. The molecular weight excluding hydrogens is 320 g/mol. The Labute approximate surface area is 125 Å². The lowest BCUT2D eigenvalue weighted by Gasteiger charge is -2.06. The zero-order valence-electron chi connectivity index (χ0n) is 10.6. The van der Waals surface area contributed by atoms with E-state index in [1.165, 1.54) is 6.20 Å². The molecule has 1 heterocycles. The maximum absolute atomic E-state index is 11.8. The van der Waals surface area contributed by atoms with Crippen LogP contribution in [0.2, 0.25) is 0 Å². The van der Waals surface area contributed by atoms with Crippen LogP contribution in [-0.4, -0.2) is 22.4 Å². The Morgan fingerprint density at radius 3 is 2.75 bits per heavy atom. The van der Waals surface area contributed by atoms with Crippen LogP contribution in [0.25, 0.3) is 0 Å². The predicted octanol–water partition coefficient (Wildman–Crippen LogP) is 2.90. The smallest absolute Gasteiger partial charge is 0.270 e. The molecule has 2 N–H and O–H groups in total. The van der Waals surface area contributed by atoms with Gasteiger partial charge in [-0.1, -0.05) is 22.0 Å². The van der Waals surface area contributed by atoms with Crippen molar-refractivity contribution in [3.63, 3.8) is 0 Å². The highest BCUT2D eigenvalue weighted by Crippen LogP contribution is 2.16. The summed E-state index contributed by atoms with van der Waals surface area (Å²) in [6.07, 6.45) is 3.15. The molecular formula is C14H13BrN4O. The van der Waals surface area contributed by atoms with Crippen molar-refractivity contribution >= 4 is 33.5 Å². The van der Waals surface area contributed by atoms with Gasteiger partial charge in [0.15, 0.2) is 0 Å². The number of nitrogens with zero attached hydrogens (tertiary/aromatic N) is 2. The molecule has 0 bridgehead atoms. The summed E-state index contributed by atoms with van der Waals surface area (Å²) in [5.41, 5.74) is 1.15. The Morgan fingerprint density at radius 1 is 1.30 bits per heavy atom. The molecule has 20 heavy (non-hydrogen) atoms. The summed E-state index contributed by atoms with van der Waals surface area (Å²) < 4.78 is 0.988. The van der Waals surface area contributed by atoms with Crippen molar-refractivity contribution in [1.82, 2.24) is 15.3 Å². The number of carbonyl (C=O) groups excluding carboxylic acids is 1. The molecule has 1 aromatic carbocycles. The fourth-order valence-corrected chi connectivity index (χ4v) is 1.73. The molecule has 0 spiro atoms. The molecule has 0 radical (unpaired) electrons. The van der Waals surface area contributed by atoms with Gasteiger partial charge in [0.05, 0.1) is 0 Å². The molecule has 0 saturated carbocycles. The average Bonchev–Trinajstić information content (AvgIpc) is 2.47. The molecule has 0 atom stereocenters. The number of anilines is 2. The molecule has 2 aromatic rings. The molecule has 0 aliphatic carbocycles. The lowest BCUT2D eigenvalue weighted by Crippen LogP contribution is -2.24. The van der Waals surface area contributed by atoms with Gasteiger partial charge in [-0.05, 0) is 30.3 Å². The minimum Gasteiger partial charge on any atom is -0.347 e. The van der Waals surface area contributed by atoms with E-state index in [1.807, 2.05) is 24.3 Å². The molecule has 1 aromatic heterocycles. The number of carbonyl (C=O) groups is 1. The molecule has 5 nitrogen and oxygen atoms in total. The first-order valence-corrected chi connectivity index (χ1v) is 6.73. The number of aromatic nitrogens is 2. The monoisotopic (exact) mass is 332 g/mol. The van der Waals surface area contributed by atoms with Gasteiger partial charge < -0.3 is 10.6 Å². The quantitative estimate of drug-likeness (QED) is 0.826. The second-order valence-corrected chi connectivity index (χ2v) is 4.81. The number of benzene rings is 1. The minimum atomic E-state index is -0.258. The first kappa shape index (κ1) is 14.2. The van der Waals surface area contributed by atoms with Crippen LogP contribution in [0.3, 0.4) is 0 Å². The molecule has 0 aliphatic heterocycles. The first-order chi connectivity index (χ1) is 9.69. The Morgan fingerprint density at radius 2 is 2.05 bits per heavy atom. The highest BCUT2D eigenvalue weighted by atomic mass is 79.9. The molecule has 0 aliphatic rings. The number of hydrogen-bond donors (Lipinski definition) is 2. The van der Waals surface area contributed by atoms with E-state index in [2.05, 4.69) is 43.1 Å². The zero-order valence-corrected chi connectivity index (χ0v) is 12.2. The Kier molecular flexibility index (Phi) is 4.84. The van der Waals surface area contributed by atoms with Crippen molar-refractivity contribution < 1.29 is 4.79 Å². The third kappa shape index (κ3) is 3.89. The van der Waals surface area contributed by atoms with Crippen molar-refractivity contribution in [1.29, 1.82) is 0 Å². The second-order valence-electron chi connectivity index (χ2n) is 3.90. The van der Waals surface area contributed by atoms with Gasteiger partial charge in [-0.2, -0.15) is 0 Å². The topological polar surface area (TPSA) is 66.9 Å². The van der Waals surface area contributed by atoms with Gasteiger partial charge in [-0.3, -0.25) is 4.79 Å². The van der Waals surface area contributed by atoms with E-state index in [0.717, 1.165) is 10.2 Å². The summed E-state index contributed by atoms with van der Waals surface area (Å²) in [7, 11) is 0. The van der Waals surface area contributed by atoms with E-state index in [1.54, 1.807) is 12.1 Å². The Hall–Kier alpha value is -2.21. The van der Waals surface area contributed by atoms with Gasteiger partial charge >= 0.3 is 0 Å². The van der Waals surface area contributed by atoms with E-state index >= 15 is 0 Å². The fourth-order valence-electron chi connectivity index (χ4n) is 1.46. The summed E-state index contributed by atoms with van der Waals surface area (Å²) in [4.78, 5) is 20.0. The van der Waals surface area contributed by atoms with Crippen LogP contribution >= 0.6 is 15.9 Å². The molecule has 0 fully saturated rings. The second kappa shape index (κ2) is 6.81. The van der Waals surface area contributed by atoms with Crippen LogP contribution in [0, 0.1) is 0 Å². The predicted molar refractivity (Wildman–Crippen MR) is 82.0 cm³/mol. The van der Waals surface area contributed by atoms with Crippen molar-refractivity contribution in [2.45, 2.75) is 0 Å². The zero-order chi connectivity index (χ0) is 14.4. The third-order valence-corrected chi connectivity index (χ3v) is 2.92. The van der Waals surface area contributed by atoms with E-state index in [9.17, 15) is 4.79 Å². The molecule has 1 amide bonds. The Bertz CT molecular complexity index is 613. The molecule has 6 heteroatoms. The molecule has 0 saturated heterocycles. The van der Waals surface area contributed by atoms with Gasteiger partial charge in [0.25, 0.3) is 5.91 Å². The normalized spacial score (nSPS) is 9.85. The Balaban J connectivity index is 2.11. The van der Waals surface area contributed by atoms with Crippen molar-refractivity contribution in [2.75, 3.05) is 11.9 Å². The van der Waals surface area contributed by atoms with E-state index < -0.39 is 0 Å². The number of halogens is 1. The summed E-state index contributed by atoms with van der Waals surface area (Å²) >= 11 is 3.37. The molecule has 0 unspecified atom stereocenters. The standard InChI is InChI=1S/C14H13BrN4O/c1-2-8-16-13(20)12-7-9-17-14(19-12)18-11-5-3-10(15)4-6-11/h2-7,9H,1,8H2,(H,16,20)(H,17,18,19). The van der Waals surface area contributed by atoms with Crippen LogP contribution in [0.1, 0.15) is 10.5 Å². The van der Waals surface area contributed by atoms with E-state index in [-0.39, 0.29) is 5.91 Å². The average molecular weight is 333 g/mol. The van der Waals surface area contributed by atoms with Gasteiger partial charge in [0.1, 0.15) is 5.69 Å². The van der Waals surface area contributed by atoms with Crippen LogP contribution in [0.4, 0.5) is 11.6 Å². The third-order valence-electron chi connectivity index (χ3n) is 2.40. The first-order valence-electron chi connectivity index (χ1n) is 5.94. The van der Waals surface area contributed by atoms with Crippen LogP contribution < -0.4 is 10.6 Å². The number of rotatable bonds is 5. The van der Waals surface area contributed by atoms with Crippen LogP contribution in [-0.2, 0) is 0 Å². The van der Waals surface area contributed by atoms with Gasteiger partial charge in [-0.15, -0.1) is 6.58 Å². The highest BCUT2D eigenvalue weighted by Gasteiger charge is 2.07. The fraction of sp³-hybridized carbons (Fsp3) is 0.0714. The van der Waals surface area contributed by atoms with Gasteiger partial charge in [0.2, 0.25) is 5.95 Å².